The molecule has 0 saturated carbocycles. The van der Waals surface area contributed by atoms with Gasteiger partial charge in [0.1, 0.15) is 0 Å². The summed E-state index contributed by atoms with van der Waals surface area (Å²) in [4.78, 5) is 25.6. The molecule has 0 aliphatic carbocycles. The van der Waals surface area contributed by atoms with Gasteiger partial charge in [-0.15, -0.1) is 11.3 Å². The minimum Gasteiger partial charge on any atom is -0.465 e. The Kier molecular flexibility index (Phi) is 6.68. The van der Waals surface area contributed by atoms with E-state index >= 15 is 0 Å². The summed E-state index contributed by atoms with van der Waals surface area (Å²) in [6.45, 7) is 5.74. The fourth-order valence-electron chi connectivity index (χ4n) is 1.91. The second-order valence-corrected chi connectivity index (χ2v) is 6.10. The molecule has 20 heavy (non-hydrogen) atoms. The largest absolute Gasteiger partial charge is 0.465 e. The Morgan fingerprint density at radius 1 is 1.20 bits per heavy atom. The highest BCUT2D eigenvalue weighted by Gasteiger charge is 2.48. The molecule has 0 radical (unpaired) electrons. The second kappa shape index (κ2) is 7.78. The third-order valence-corrected chi connectivity index (χ3v) is 5.02. The van der Waals surface area contributed by atoms with Gasteiger partial charge in [0, 0.05) is 15.8 Å². The first kappa shape index (κ1) is 17.2. The van der Waals surface area contributed by atoms with E-state index in [0.717, 1.165) is 9.35 Å². The van der Waals surface area contributed by atoms with Gasteiger partial charge in [0.05, 0.1) is 13.2 Å². The van der Waals surface area contributed by atoms with Crippen molar-refractivity contribution < 1.29 is 19.1 Å². The Labute approximate surface area is 131 Å². The Morgan fingerprint density at radius 2 is 1.75 bits per heavy atom. The molecule has 0 spiro atoms. The van der Waals surface area contributed by atoms with Gasteiger partial charge in [0.2, 0.25) is 0 Å². The summed E-state index contributed by atoms with van der Waals surface area (Å²) >= 11 is 4.93. The number of carbonyl (C=O) groups is 2. The lowest BCUT2D eigenvalue weighted by Crippen LogP contribution is -2.43. The standard InChI is InChI=1S/C14H19BrO4S/c1-4-14(12(16)18-5-2,13(17)19-6-3)9-11-10(15)7-8-20-11/h7-8H,4-6,9H2,1-3H3. The smallest absolute Gasteiger partial charge is 0.323 e. The van der Waals surface area contributed by atoms with Crippen LogP contribution in [0, 0.1) is 5.41 Å². The number of thiophene rings is 1. The molecule has 0 aromatic carbocycles. The van der Waals surface area contributed by atoms with E-state index in [9.17, 15) is 9.59 Å². The van der Waals surface area contributed by atoms with Crippen molar-refractivity contribution in [3.63, 3.8) is 0 Å². The highest BCUT2D eigenvalue weighted by molar-refractivity contribution is 9.10. The topological polar surface area (TPSA) is 52.6 Å². The van der Waals surface area contributed by atoms with Crippen LogP contribution in [0.2, 0.25) is 0 Å². The molecule has 6 heteroatoms. The minimum absolute atomic E-state index is 0.242. The summed E-state index contributed by atoms with van der Waals surface area (Å²) in [7, 11) is 0. The summed E-state index contributed by atoms with van der Waals surface area (Å²) in [5.74, 6) is -1.03. The zero-order chi connectivity index (χ0) is 15.2. The molecule has 4 nitrogen and oxygen atoms in total. The third-order valence-electron chi connectivity index (χ3n) is 3.09. The predicted octanol–water partition coefficient (Wildman–Crippen LogP) is 3.58. The minimum atomic E-state index is -1.26. The number of halogens is 1. The van der Waals surface area contributed by atoms with E-state index in [4.69, 9.17) is 9.47 Å². The number of carbonyl (C=O) groups excluding carboxylic acids is 2. The lowest BCUT2D eigenvalue weighted by Gasteiger charge is -2.27. The van der Waals surface area contributed by atoms with Gasteiger partial charge >= 0.3 is 11.9 Å². The van der Waals surface area contributed by atoms with Gasteiger partial charge in [-0.05, 0) is 47.6 Å². The first-order chi connectivity index (χ1) is 9.51. The molecular weight excluding hydrogens is 344 g/mol. The van der Waals surface area contributed by atoms with E-state index in [1.807, 2.05) is 11.4 Å². The van der Waals surface area contributed by atoms with Crippen LogP contribution in [0.4, 0.5) is 0 Å². The number of ether oxygens (including phenoxy) is 2. The summed E-state index contributed by atoms with van der Waals surface area (Å²) in [5.41, 5.74) is -1.26. The maximum Gasteiger partial charge on any atom is 0.323 e. The van der Waals surface area contributed by atoms with Crippen LogP contribution in [0.15, 0.2) is 15.9 Å². The fourth-order valence-corrected chi connectivity index (χ4v) is 3.51. The number of hydrogen-bond acceptors (Lipinski definition) is 5. The molecule has 0 bridgehead atoms. The van der Waals surface area contributed by atoms with Crippen LogP contribution < -0.4 is 0 Å². The third kappa shape index (κ3) is 3.61. The molecule has 0 atom stereocenters. The van der Waals surface area contributed by atoms with E-state index in [-0.39, 0.29) is 13.2 Å². The van der Waals surface area contributed by atoms with Crippen molar-refractivity contribution in [2.24, 2.45) is 5.41 Å². The maximum absolute atomic E-state index is 12.3. The molecule has 0 amide bonds. The first-order valence-corrected chi connectivity index (χ1v) is 8.25. The first-order valence-electron chi connectivity index (χ1n) is 6.58. The fraction of sp³-hybridized carbons (Fsp3) is 0.571. The van der Waals surface area contributed by atoms with E-state index in [1.54, 1.807) is 20.8 Å². The molecule has 1 aromatic rings. The molecule has 0 N–H and O–H groups in total. The quantitative estimate of drug-likeness (QED) is 0.549. The van der Waals surface area contributed by atoms with Gasteiger partial charge in [-0.25, -0.2) is 0 Å². The second-order valence-electron chi connectivity index (χ2n) is 4.25. The average molecular weight is 363 g/mol. The van der Waals surface area contributed by atoms with Crippen molar-refractivity contribution in [1.82, 2.24) is 0 Å². The van der Waals surface area contributed by atoms with E-state index in [2.05, 4.69) is 15.9 Å². The lowest BCUT2D eigenvalue weighted by atomic mass is 9.81. The average Bonchev–Trinajstić information content (AvgIpc) is 2.81. The molecule has 1 heterocycles. The molecule has 112 valence electrons. The summed E-state index contributed by atoms with van der Waals surface area (Å²) in [6, 6.07) is 1.90. The van der Waals surface area contributed by atoms with Crippen molar-refractivity contribution in [2.45, 2.75) is 33.6 Å². The molecule has 0 saturated heterocycles. The van der Waals surface area contributed by atoms with Crippen LogP contribution in [-0.4, -0.2) is 25.2 Å². The molecule has 0 aliphatic rings. The van der Waals surface area contributed by atoms with Crippen LogP contribution in [0.5, 0.6) is 0 Å². The normalized spacial score (nSPS) is 11.2. The maximum atomic E-state index is 12.3. The summed E-state index contributed by atoms with van der Waals surface area (Å²) < 4.78 is 11.1. The molecular formula is C14H19BrO4S. The molecule has 0 fully saturated rings. The Morgan fingerprint density at radius 3 is 2.10 bits per heavy atom. The van der Waals surface area contributed by atoms with Crippen molar-refractivity contribution in [1.29, 1.82) is 0 Å². The number of esters is 2. The van der Waals surface area contributed by atoms with Gasteiger partial charge in [-0.1, -0.05) is 6.92 Å². The highest BCUT2D eigenvalue weighted by atomic mass is 79.9. The zero-order valence-electron chi connectivity index (χ0n) is 11.9. The van der Waals surface area contributed by atoms with E-state index < -0.39 is 17.4 Å². The predicted molar refractivity (Wildman–Crippen MR) is 81.7 cm³/mol. The SMILES string of the molecule is CCOC(=O)C(CC)(Cc1sccc1Br)C(=O)OCC. The van der Waals surface area contributed by atoms with Crippen molar-refractivity contribution >= 4 is 39.2 Å². The van der Waals surface area contributed by atoms with E-state index in [1.165, 1.54) is 11.3 Å². The summed E-state index contributed by atoms with van der Waals surface area (Å²) in [6.07, 6.45) is 0.633. The van der Waals surface area contributed by atoms with Crippen LogP contribution in [-0.2, 0) is 25.5 Å². The van der Waals surface area contributed by atoms with Crippen molar-refractivity contribution in [3.8, 4) is 0 Å². The lowest BCUT2D eigenvalue weighted by molar-refractivity contribution is -0.172. The molecule has 1 aromatic heterocycles. The van der Waals surface area contributed by atoms with Gasteiger partial charge in [0.25, 0.3) is 0 Å². The Balaban J connectivity index is 3.13. The van der Waals surface area contributed by atoms with Gasteiger partial charge in [-0.3, -0.25) is 9.59 Å². The van der Waals surface area contributed by atoms with Gasteiger partial charge in [0.15, 0.2) is 5.41 Å². The van der Waals surface area contributed by atoms with Gasteiger partial charge in [-0.2, -0.15) is 0 Å². The Bertz CT molecular complexity index is 451. The highest BCUT2D eigenvalue weighted by Crippen LogP contribution is 2.35. The number of rotatable bonds is 7. The Hall–Kier alpha value is -0.880. The van der Waals surface area contributed by atoms with Crippen LogP contribution in [0.25, 0.3) is 0 Å². The van der Waals surface area contributed by atoms with Crippen molar-refractivity contribution in [3.05, 3.63) is 20.8 Å². The van der Waals surface area contributed by atoms with Crippen LogP contribution in [0.3, 0.4) is 0 Å². The molecule has 0 aliphatic heterocycles. The molecule has 1 rings (SSSR count). The van der Waals surface area contributed by atoms with Crippen LogP contribution >= 0.6 is 27.3 Å². The van der Waals surface area contributed by atoms with Crippen LogP contribution in [0.1, 0.15) is 32.1 Å². The molecule has 0 unspecified atom stereocenters. The number of hydrogen-bond donors (Lipinski definition) is 0. The zero-order valence-corrected chi connectivity index (χ0v) is 14.3. The van der Waals surface area contributed by atoms with E-state index in [0.29, 0.717) is 12.8 Å². The van der Waals surface area contributed by atoms with Gasteiger partial charge < -0.3 is 9.47 Å². The summed E-state index contributed by atoms with van der Waals surface area (Å²) in [5, 5.41) is 1.91. The van der Waals surface area contributed by atoms with Crippen molar-refractivity contribution in [2.75, 3.05) is 13.2 Å². The monoisotopic (exact) mass is 362 g/mol.